The molecule has 2 heterocycles. The summed E-state index contributed by atoms with van der Waals surface area (Å²) in [6.45, 7) is -3.55. The summed E-state index contributed by atoms with van der Waals surface area (Å²) < 4.78 is 54.5. The standard InChI is InChI=1S/C20H20F2N6O2/c1-23-20(29)19-16(6-7-24-27-19)26-15-5-2-12(8-17(15)30-11-18(21)22)13-9-25-28(10-13)14-3-4-14/h2,5-10,14,18H,3-4,11H2,1H3,(H,23,29)(H,24,26)/i1D3. The highest BCUT2D eigenvalue weighted by atomic mass is 19.3. The maximum Gasteiger partial charge on any atom is 0.273 e. The first kappa shape index (κ1) is 16.3. The summed E-state index contributed by atoms with van der Waals surface area (Å²) in [6.07, 6.45) is 4.34. The van der Waals surface area contributed by atoms with Crippen LogP contribution in [-0.4, -0.2) is 45.9 Å². The Labute approximate surface area is 175 Å². The number of nitrogens with one attached hydrogen (secondary N) is 2. The van der Waals surface area contributed by atoms with Gasteiger partial charge in [-0.05, 0) is 36.6 Å². The molecule has 10 heteroatoms. The first-order chi connectivity index (χ1) is 15.7. The Bertz CT molecular complexity index is 1150. The van der Waals surface area contributed by atoms with Gasteiger partial charge in [0.1, 0.15) is 12.4 Å². The van der Waals surface area contributed by atoms with Gasteiger partial charge in [0.25, 0.3) is 12.3 Å². The van der Waals surface area contributed by atoms with Crippen LogP contribution in [-0.2, 0) is 0 Å². The molecule has 1 aliphatic carbocycles. The molecule has 0 saturated heterocycles. The van der Waals surface area contributed by atoms with Crippen molar-refractivity contribution in [2.45, 2.75) is 25.3 Å². The van der Waals surface area contributed by atoms with Gasteiger partial charge in [-0.15, -0.1) is 5.10 Å². The summed E-state index contributed by atoms with van der Waals surface area (Å²) in [5.41, 5.74) is 1.65. The van der Waals surface area contributed by atoms with Crippen LogP contribution in [0.15, 0.2) is 42.9 Å². The topological polar surface area (TPSA) is 94.0 Å². The average Bonchev–Trinajstić information content (AvgIpc) is 3.49. The van der Waals surface area contributed by atoms with Gasteiger partial charge in [0.15, 0.2) is 5.69 Å². The molecule has 4 rings (SSSR count). The number of halogens is 2. The fourth-order valence-electron chi connectivity index (χ4n) is 2.91. The van der Waals surface area contributed by atoms with E-state index in [2.05, 4.69) is 20.6 Å². The van der Waals surface area contributed by atoms with Crippen LogP contribution < -0.4 is 15.4 Å². The van der Waals surface area contributed by atoms with E-state index in [1.54, 1.807) is 24.4 Å². The lowest BCUT2D eigenvalue weighted by Crippen LogP contribution is -2.21. The molecule has 2 N–H and O–H groups in total. The molecule has 0 radical (unpaired) electrons. The lowest BCUT2D eigenvalue weighted by atomic mass is 10.1. The molecule has 2 aromatic heterocycles. The Balaban J connectivity index is 1.63. The molecule has 0 unspecified atom stereocenters. The number of benzene rings is 1. The van der Waals surface area contributed by atoms with Crippen molar-refractivity contribution in [3.05, 3.63) is 48.5 Å². The van der Waals surface area contributed by atoms with E-state index in [9.17, 15) is 13.6 Å². The van der Waals surface area contributed by atoms with E-state index in [1.165, 1.54) is 12.3 Å². The number of carbonyl (C=O) groups is 1. The number of rotatable bonds is 8. The van der Waals surface area contributed by atoms with Crippen LogP contribution in [0.25, 0.3) is 11.1 Å². The number of carbonyl (C=O) groups excluding carboxylic acids is 1. The van der Waals surface area contributed by atoms with Crippen molar-refractivity contribution in [1.82, 2.24) is 25.3 Å². The van der Waals surface area contributed by atoms with Crippen molar-refractivity contribution >= 4 is 17.3 Å². The highest BCUT2D eigenvalue weighted by molar-refractivity contribution is 5.98. The first-order valence-electron chi connectivity index (χ1n) is 10.7. The lowest BCUT2D eigenvalue weighted by molar-refractivity contribution is 0.0823. The van der Waals surface area contributed by atoms with E-state index in [1.807, 2.05) is 16.2 Å². The van der Waals surface area contributed by atoms with Crippen LogP contribution in [0.1, 0.15) is 33.5 Å². The summed E-state index contributed by atoms with van der Waals surface area (Å²) in [7, 11) is 0. The van der Waals surface area contributed by atoms with Crippen molar-refractivity contribution in [2.24, 2.45) is 0 Å². The zero-order valence-electron chi connectivity index (χ0n) is 18.7. The van der Waals surface area contributed by atoms with Gasteiger partial charge >= 0.3 is 0 Å². The predicted molar refractivity (Wildman–Crippen MR) is 106 cm³/mol. The molecule has 0 aliphatic heterocycles. The summed E-state index contributed by atoms with van der Waals surface area (Å²) >= 11 is 0. The summed E-state index contributed by atoms with van der Waals surface area (Å²) in [5.74, 6) is -0.851. The highest BCUT2D eigenvalue weighted by Crippen LogP contribution is 2.37. The average molecular weight is 417 g/mol. The molecule has 1 aromatic carbocycles. The van der Waals surface area contributed by atoms with Crippen molar-refractivity contribution in [3.8, 4) is 16.9 Å². The molecule has 0 spiro atoms. The van der Waals surface area contributed by atoms with Crippen LogP contribution in [0.4, 0.5) is 20.2 Å². The Morgan fingerprint density at radius 1 is 1.33 bits per heavy atom. The minimum absolute atomic E-state index is 0.117. The Morgan fingerprint density at radius 3 is 2.97 bits per heavy atom. The van der Waals surface area contributed by atoms with Crippen LogP contribution in [0.5, 0.6) is 5.75 Å². The monoisotopic (exact) mass is 417 g/mol. The largest absolute Gasteiger partial charge is 0.485 e. The molecule has 1 amide bonds. The normalized spacial score (nSPS) is 15.2. The molecular formula is C20H20F2N6O2. The van der Waals surface area contributed by atoms with E-state index in [0.29, 0.717) is 11.6 Å². The van der Waals surface area contributed by atoms with E-state index in [0.717, 1.165) is 18.4 Å². The first-order valence-corrected chi connectivity index (χ1v) is 9.20. The fourth-order valence-corrected chi connectivity index (χ4v) is 2.91. The third kappa shape index (κ3) is 4.37. The predicted octanol–water partition coefficient (Wildman–Crippen LogP) is 3.42. The molecule has 1 saturated carbocycles. The lowest BCUT2D eigenvalue weighted by Gasteiger charge is -2.15. The molecular weight excluding hydrogens is 394 g/mol. The molecule has 8 nitrogen and oxygen atoms in total. The van der Waals surface area contributed by atoms with Gasteiger partial charge in [-0.25, -0.2) is 8.78 Å². The summed E-state index contributed by atoms with van der Waals surface area (Å²) in [5, 5.41) is 16.4. The van der Waals surface area contributed by atoms with Crippen LogP contribution >= 0.6 is 0 Å². The number of alkyl halides is 2. The number of aromatic nitrogens is 4. The number of amides is 1. The molecule has 156 valence electrons. The number of anilines is 2. The Morgan fingerprint density at radius 2 is 2.20 bits per heavy atom. The Hall–Kier alpha value is -3.56. The minimum Gasteiger partial charge on any atom is -0.485 e. The van der Waals surface area contributed by atoms with Crippen LogP contribution in [0.2, 0.25) is 0 Å². The quantitative estimate of drug-likeness (QED) is 0.583. The van der Waals surface area contributed by atoms with Gasteiger partial charge in [-0.1, -0.05) is 6.07 Å². The number of hydrogen-bond acceptors (Lipinski definition) is 6. The fraction of sp³-hybridized carbons (Fsp3) is 0.300. The maximum absolute atomic E-state index is 12.8. The van der Waals surface area contributed by atoms with Gasteiger partial charge in [-0.3, -0.25) is 9.48 Å². The van der Waals surface area contributed by atoms with Gasteiger partial charge in [0, 0.05) is 22.8 Å². The van der Waals surface area contributed by atoms with Crippen molar-refractivity contribution in [2.75, 3.05) is 18.9 Å². The van der Waals surface area contributed by atoms with Crippen LogP contribution in [0, 0.1) is 0 Å². The molecule has 1 fully saturated rings. The molecule has 1 aliphatic rings. The zero-order valence-corrected chi connectivity index (χ0v) is 15.7. The van der Waals surface area contributed by atoms with Crippen molar-refractivity contribution < 1.29 is 22.4 Å². The van der Waals surface area contributed by atoms with Gasteiger partial charge in [-0.2, -0.15) is 10.2 Å². The van der Waals surface area contributed by atoms with E-state index < -0.39 is 25.9 Å². The number of hydrogen-bond donors (Lipinski definition) is 2. The van der Waals surface area contributed by atoms with Gasteiger partial charge < -0.3 is 15.4 Å². The SMILES string of the molecule is [2H]C([2H])([2H])NC(=O)c1nnccc1Nc1ccc(-c2cnn(C3CC3)c2)cc1OCC(F)F. The Kier molecular flexibility index (Phi) is 4.57. The molecule has 3 aromatic rings. The second kappa shape index (κ2) is 8.44. The highest BCUT2D eigenvalue weighted by Gasteiger charge is 2.24. The van der Waals surface area contributed by atoms with E-state index in [-0.39, 0.29) is 22.8 Å². The minimum atomic E-state index is -2.72. The summed E-state index contributed by atoms with van der Waals surface area (Å²) in [6, 6.07) is 6.76. The van der Waals surface area contributed by atoms with Gasteiger partial charge in [0.05, 0.1) is 29.8 Å². The second-order valence-electron chi connectivity index (χ2n) is 6.73. The number of ether oxygens (including phenoxy) is 1. The van der Waals surface area contributed by atoms with Crippen LogP contribution in [0.3, 0.4) is 0 Å². The second-order valence-corrected chi connectivity index (χ2v) is 6.73. The maximum atomic E-state index is 12.8. The third-order valence-corrected chi connectivity index (χ3v) is 4.52. The van der Waals surface area contributed by atoms with Gasteiger partial charge in [0.2, 0.25) is 0 Å². The van der Waals surface area contributed by atoms with Crippen molar-refractivity contribution in [3.63, 3.8) is 0 Å². The molecule has 30 heavy (non-hydrogen) atoms. The van der Waals surface area contributed by atoms with Crippen molar-refractivity contribution in [1.29, 1.82) is 0 Å². The van der Waals surface area contributed by atoms with E-state index in [4.69, 9.17) is 8.85 Å². The number of nitrogens with zero attached hydrogens (tertiary/aromatic N) is 4. The summed E-state index contributed by atoms with van der Waals surface area (Å²) in [4.78, 5) is 12.3. The third-order valence-electron chi connectivity index (χ3n) is 4.52. The van der Waals surface area contributed by atoms with E-state index >= 15 is 0 Å². The molecule has 0 bridgehead atoms. The smallest absolute Gasteiger partial charge is 0.273 e. The molecule has 0 atom stereocenters. The zero-order chi connectivity index (χ0) is 23.6.